The van der Waals surface area contributed by atoms with Crippen LogP contribution in [0.2, 0.25) is 5.02 Å². The molecule has 1 aliphatic rings. The molecule has 4 rings (SSSR count). The summed E-state index contributed by atoms with van der Waals surface area (Å²) < 4.78 is 4.02. The zero-order valence-corrected chi connectivity index (χ0v) is 17.1. The van der Waals surface area contributed by atoms with Crippen LogP contribution in [0, 0.1) is 6.92 Å². The van der Waals surface area contributed by atoms with Gasteiger partial charge in [-0.3, -0.25) is 9.36 Å². The minimum Gasteiger partial charge on any atom is -0.350 e. The molecule has 1 amide bonds. The highest BCUT2D eigenvalue weighted by atomic mass is 35.5. The largest absolute Gasteiger partial charge is 0.350 e. The van der Waals surface area contributed by atoms with Crippen LogP contribution in [-0.2, 0) is 24.3 Å². The first-order valence-electron chi connectivity index (χ1n) is 9.21. The molecule has 0 bridgehead atoms. The molecule has 0 saturated heterocycles. The Morgan fingerprint density at radius 3 is 3.07 bits per heavy atom. The van der Waals surface area contributed by atoms with Gasteiger partial charge < -0.3 is 9.88 Å². The van der Waals surface area contributed by atoms with E-state index in [9.17, 15) is 4.79 Å². The van der Waals surface area contributed by atoms with Gasteiger partial charge in [0.25, 0.3) is 0 Å². The molecule has 0 aliphatic carbocycles. The van der Waals surface area contributed by atoms with Gasteiger partial charge in [-0.2, -0.15) is 0 Å². The van der Waals surface area contributed by atoms with Crippen LogP contribution in [0.15, 0.2) is 35.9 Å². The number of imidazole rings is 1. The maximum atomic E-state index is 12.3. The Morgan fingerprint density at radius 1 is 1.36 bits per heavy atom. The summed E-state index contributed by atoms with van der Waals surface area (Å²) in [6.45, 7) is 3.42. The fraction of sp³-hybridized carbons (Fsp3) is 0.368. The van der Waals surface area contributed by atoms with E-state index >= 15 is 0 Å². The SMILES string of the molecule is Cc1ccc(-n2cnnc2SCC(=O)NCc2cn3c(n2)CCCC3)cc1Cl. The first kappa shape index (κ1) is 19.0. The van der Waals surface area contributed by atoms with Gasteiger partial charge in [0.2, 0.25) is 5.91 Å². The summed E-state index contributed by atoms with van der Waals surface area (Å²) in [7, 11) is 0. The predicted octanol–water partition coefficient (Wildman–Crippen LogP) is 3.17. The molecule has 2 aromatic heterocycles. The number of hydrogen-bond donors (Lipinski definition) is 1. The van der Waals surface area contributed by atoms with Crippen molar-refractivity contribution in [1.82, 2.24) is 29.6 Å². The lowest BCUT2D eigenvalue weighted by atomic mass is 10.2. The first-order chi connectivity index (χ1) is 13.6. The number of aromatic nitrogens is 5. The van der Waals surface area contributed by atoms with Crippen LogP contribution in [0.3, 0.4) is 0 Å². The summed E-state index contributed by atoms with van der Waals surface area (Å²) in [6.07, 6.45) is 7.06. The molecule has 0 radical (unpaired) electrons. The average molecular weight is 417 g/mol. The number of nitrogens with zero attached hydrogens (tertiary/aromatic N) is 5. The number of rotatable bonds is 6. The number of benzene rings is 1. The van der Waals surface area contributed by atoms with Crippen molar-refractivity contribution in [1.29, 1.82) is 0 Å². The van der Waals surface area contributed by atoms with Crippen LogP contribution in [0.25, 0.3) is 5.69 Å². The van der Waals surface area contributed by atoms with E-state index in [1.807, 2.05) is 35.9 Å². The first-order valence-corrected chi connectivity index (χ1v) is 10.6. The Hall–Kier alpha value is -2.32. The van der Waals surface area contributed by atoms with E-state index in [4.69, 9.17) is 11.6 Å². The van der Waals surface area contributed by atoms with Crippen molar-refractivity contribution in [3.63, 3.8) is 0 Å². The van der Waals surface area contributed by atoms with Gasteiger partial charge >= 0.3 is 0 Å². The molecule has 9 heteroatoms. The second kappa shape index (κ2) is 8.36. The molecule has 146 valence electrons. The lowest BCUT2D eigenvalue weighted by Gasteiger charge is -2.11. The van der Waals surface area contributed by atoms with E-state index in [1.54, 1.807) is 6.33 Å². The van der Waals surface area contributed by atoms with Crippen molar-refractivity contribution in [3.8, 4) is 5.69 Å². The van der Waals surface area contributed by atoms with Crippen molar-refractivity contribution >= 4 is 29.3 Å². The molecule has 0 saturated carbocycles. The fourth-order valence-electron chi connectivity index (χ4n) is 3.16. The smallest absolute Gasteiger partial charge is 0.230 e. The summed E-state index contributed by atoms with van der Waals surface area (Å²) in [6, 6.07) is 5.77. The highest BCUT2D eigenvalue weighted by Crippen LogP contribution is 2.23. The molecule has 1 N–H and O–H groups in total. The third-order valence-electron chi connectivity index (χ3n) is 4.71. The van der Waals surface area contributed by atoms with Crippen LogP contribution < -0.4 is 5.32 Å². The van der Waals surface area contributed by atoms with Gasteiger partial charge in [-0.05, 0) is 37.5 Å². The quantitative estimate of drug-likeness (QED) is 0.624. The van der Waals surface area contributed by atoms with Gasteiger partial charge in [-0.15, -0.1) is 10.2 Å². The number of hydrogen-bond acceptors (Lipinski definition) is 5. The molecular weight excluding hydrogens is 396 g/mol. The molecule has 1 aromatic carbocycles. The molecule has 3 heterocycles. The van der Waals surface area contributed by atoms with Crippen LogP contribution in [0.5, 0.6) is 0 Å². The molecule has 1 aliphatic heterocycles. The van der Waals surface area contributed by atoms with Crippen molar-refractivity contribution < 1.29 is 4.79 Å². The van der Waals surface area contributed by atoms with E-state index in [-0.39, 0.29) is 11.7 Å². The average Bonchev–Trinajstić information content (AvgIpc) is 3.33. The zero-order valence-electron chi connectivity index (χ0n) is 15.6. The molecule has 3 aromatic rings. The number of amides is 1. The van der Waals surface area contributed by atoms with Gasteiger partial charge in [0, 0.05) is 24.2 Å². The van der Waals surface area contributed by atoms with Gasteiger partial charge in [-0.25, -0.2) is 4.98 Å². The molecule has 0 spiro atoms. The zero-order chi connectivity index (χ0) is 19.5. The standard InChI is InChI=1S/C19H21ClN6OS/c1-13-5-6-15(8-16(13)20)26-12-22-24-19(26)28-11-18(27)21-9-14-10-25-7-3-2-4-17(25)23-14/h5-6,8,10,12H,2-4,7,9,11H2,1H3,(H,21,27). The predicted molar refractivity (Wildman–Crippen MR) is 109 cm³/mol. The van der Waals surface area contributed by atoms with Crippen LogP contribution in [0.1, 0.15) is 29.9 Å². The topological polar surface area (TPSA) is 77.6 Å². The van der Waals surface area contributed by atoms with E-state index in [0.717, 1.165) is 35.7 Å². The molecule has 0 unspecified atom stereocenters. The Balaban J connectivity index is 1.33. The van der Waals surface area contributed by atoms with E-state index in [1.165, 1.54) is 24.6 Å². The summed E-state index contributed by atoms with van der Waals surface area (Å²) in [5.41, 5.74) is 2.79. The number of carbonyl (C=O) groups excluding carboxylic acids is 1. The minimum atomic E-state index is -0.0625. The van der Waals surface area contributed by atoms with Crippen LogP contribution >= 0.6 is 23.4 Å². The monoisotopic (exact) mass is 416 g/mol. The van der Waals surface area contributed by atoms with E-state index in [0.29, 0.717) is 16.7 Å². The molecule has 28 heavy (non-hydrogen) atoms. The number of thioether (sulfide) groups is 1. The number of carbonyl (C=O) groups is 1. The maximum absolute atomic E-state index is 12.3. The highest BCUT2D eigenvalue weighted by Gasteiger charge is 2.14. The fourth-order valence-corrected chi connectivity index (χ4v) is 4.09. The number of aryl methyl sites for hydroxylation is 3. The summed E-state index contributed by atoms with van der Waals surface area (Å²) in [4.78, 5) is 16.9. The second-order valence-corrected chi connectivity index (χ2v) is 8.13. The normalized spacial score (nSPS) is 13.4. The highest BCUT2D eigenvalue weighted by molar-refractivity contribution is 7.99. The number of nitrogens with one attached hydrogen (secondary N) is 1. The summed E-state index contributed by atoms with van der Waals surface area (Å²) in [5, 5.41) is 12.3. The van der Waals surface area contributed by atoms with Gasteiger partial charge in [0.1, 0.15) is 12.2 Å². The van der Waals surface area contributed by atoms with Gasteiger partial charge in [-0.1, -0.05) is 29.4 Å². The molecule has 7 nitrogen and oxygen atoms in total. The Morgan fingerprint density at radius 2 is 2.25 bits per heavy atom. The Kier molecular flexibility index (Phi) is 5.68. The van der Waals surface area contributed by atoms with Crippen molar-refractivity contribution in [3.05, 3.63) is 52.8 Å². The Labute approximate surface area is 172 Å². The summed E-state index contributed by atoms with van der Waals surface area (Å²) in [5.74, 6) is 1.31. The van der Waals surface area contributed by atoms with E-state index in [2.05, 4.69) is 25.1 Å². The lowest BCUT2D eigenvalue weighted by molar-refractivity contribution is -0.118. The van der Waals surface area contributed by atoms with Gasteiger partial charge in [0.15, 0.2) is 5.16 Å². The third-order valence-corrected chi connectivity index (χ3v) is 6.06. The second-order valence-electron chi connectivity index (χ2n) is 6.78. The Bertz CT molecular complexity index is 975. The molecule has 0 atom stereocenters. The number of fused-ring (bicyclic) bond motifs is 1. The number of halogens is 1. The molecular formula is C19H21ClN6OS. The van der Waals surface area contributed by atoms with Crippen LogP contribution in [-0.4, -0.2) is 36.0 Å². The van der Waals surface area contributed by atoms with Crippen molar-refractivity contribution in [2.45, 2.75) is 44.4 Å². The third kappa shape index (κ3) is 4.23. The lowest BCUT2D eigenvalue weighted by Crippen LogP contribution is -2.24. The molecule has 0 fully saturated rings. The summed E-state index contributed by atoms with van der Waals surface area (Å²) >= 11 is 7.55. The van der Waals surface area contributed by atoms with Crippen molar-refractivity contribution in [2.24, 2.45) is 0 Å². The van der Waals surface area contributed by atoms with Crippen molar-refractivity contribution in [2.75, 3.05) is 5.75 Å². The minimum absolute atomic E-state index is 0.0625. The van der Waals surface area contributed by atoms with Crippen LogP contribution in [0.4, 0.5) is 0 Å². The maximum Gasteiger partial charge on any atom is 0.230 e. The van der Waals surface area contributed by atoms with E-state index < -0.39 is 0 Å². The van der Waals surface area contributed by atoms with Gasteiger partial charge in [0.05, 0.1) is 23.7 Å².